The highest BCUT2D eigenvalue weighted by Crippen LogP contribution is 2.27. The molecule has 0 aliphatic rings. The molecule has 5 heteroatoms. The second kappa shape index (κ2) is 8.26. The molecular formula is C19H26O3S2. The van der Waals surface area contributed by atoms with Crippen molar-refractivity contribution in [3.63, 3.8) is 0 Å². The first kappa shape index (κ1) is 19.1. The Morgan fingerprint density at radius 1 is 1.12 bits per heavy atom. The Balaban J connectivity index is 1.78. The van der Waals surface area contributed by atoms with E-state index in [9.17, 15) is 13.2 Å². The zero-order chi connectivity index (χ0) is 17.7. The lowest BCUT2D eigenvalue weighted by Crippen LogP contribution is -2.17. The van der Waals surface area contributed by atoms with Crippen molar-refractivity contribution in [2.75, 3.05) is 5.75 Å². The van der Waals surface area contributed by atoms with E-state index in [2.05, 4.69) is 30.5 Å². The Morgan fingerprint density at radius 2 is 1.88 bits per heavy atom. The van der Waals surface area contributed by atoms with Crippen LogP contribution in [0.15, 0.2) is 23.6 Å². The van der Waals surface area contributed by atoms with Crippen LogP contribution >= 0.6 is 11.3 Å². The van der Waals surface area contributed by atoms with Crippen molar-refractivity contribution in [1.29, 1.82) is 0 Å². The second-order valence-electron chi connectivity index (χ2n) is 6.63. The van der Waals surface area contributed by atoms with Crippen LogP contribution in [-0.2, 0) is 21.1 Å². The number of fused-ring (bicyclic) bond motifs is 1. The third-order valence-electron chi connectivity index (χ3n) is 4.47. The summed E-state index contributed by atoms with van der Waals surface area (Å²) >= 11 is 1.72. The summed E-state index contributed by atoms with van der Waals surface area (Å²) in [7, 11) is -2.95. The van der Waals surface area contributed by atoms with Gasteiger partial charge in [0.05, 0.1) is 11.0 Å². The van der Waals surface area contributed by atoms with Crippen LogP contribution in [0.25, 0.3) is 10.1 Å². The highest BCUT2D eigenvalue weighted by atomic mass is 32.2. The Hall–Kier alpha value is -1.20. The summed E-state index contributed by atoms with van der Waals surface area (Å²) in [4.78, 5) is 12.2. The molecule has 3 nitrogen and oxygen atoms in total. The summed E-state index contributed by atoms with van der Waals surface area (Å²) in [5.41, 5.74) is 2.32. The van der Waals surface area contributed by atoms with Gasteiger partial charge in [-0.15, -0.1) is 11.3 Å². The fraction of sp³-hybridized carbons (Fsp3) is 0.526. The molecule has 2 aromatic rings. The van der Waals surface area contributed by atoms with Gasteiger partial charge in [0.15, 0.2) is 9.84 Å². The molecule has 2 rings (SSSR count). The van der Waals surface area contributed by atoms with E-state index in [-0.39, 0.29) is 16.8 Å². The average molecular weight is 367 g/mol. The van der Waals surface area contributed by atoms with Gasteiger partial charge in [-0.1, -0.05) is 18.6 Å². The number of carbonyl (C=O) groups is 1. The number of carbonyl (C=O) groups excluding carboxylic acids is 1. The van der Waals surface area contributed by atoms with Gasteiger partial charge >= 0.3 is 0 Å². The zero-order valence-corrected chi connectivity index (χ0v) is 16.3. The van der Waals surface area contributed by atoms with Gasteiger partial charge in [0, 0.05) is 17.5 Å². The van der Waals surface area contributed by atoms with E-state index in [1.807, 2.05) is 0 Å². The highest BCUT2D eigenvalue weighted by molar-refractivity contribution is 7.91. The summed E-state index contributed by atoms with van der Waals surface area (Å²) in [6, 6.07) is 6.24. The first-order chi connectivity index (χ1) is 11.3. The van der Waals surface area contributed by atoms with Crippen molar-refractivity contribution in [2.24, 2.45) is 0 Å². The molecule has 24 heavy (non-hydrogen) atoms. The predicted molar refractivity (Wildman–Crippen MR) is 103 cm³/mol. The minimum atomic E-state index is -2.95. The summed E-state index contributed by atoms with van der Waals surface area (Å²) in [5, 5.41) is 3.00. The van der Waals surface area contributed by atoms with Crippen LogP contribution in [0.4, 0.5) is 0 Å². The van der Waals surface area contributed by atoms with Crippen LogP contribution in [0, 0.1) is 6.92 Å². The van der Waals surface area contributed by atoms with Crippen LogP contribution in [0.1, 0.15) is 50.7 Å². The van der Waals surface area contributed by atoms with Crippen LogP contribution in [-0.4, -0.2) is 25.2 Å². The highest BCUT2D eigenvalue weighted by Gasteiger charge is 2.15. The number of Topliss-reactive ketones (excluding diaryl/α,β-unsaturated/α-hetero) is 1. The second-order valence-corrected chi connectivity index (χ2v) is 10.2. The first-order valence-electron chi connectivity index (χ1n) is 8.50. The molecule has 0 saturated carbocycles. The van der Waals surface area contributed by atoms with Crippen LogP contribution in [0.2, 0.25) is 0 Å². The SMILES string of the molecule is Cc1c(CC(=O)CCCCCS(=O)(=O)C(C)C)ccc2ccsc12. The molecule has 0 fully saturated rings. The van der Waals surface area contributed by atoms with Gasteiger partial charge in [-0.05, 0) is 61.6 Å². The molecule has 1 aromatic heterocycles. The van der Waals surface area contributed by atoms with E-state index < -0.39 is 9.84 Å². The molecule has 0 saturated heterocycles. The molecule has 1 heterocycles. The minimum absolute atomic E-state index is 0.229. The summed E-state index contributed by atoms with van der Waals surface area (Å²) in [5.74, 6) is 0.466. The van der Waals surface area contributed by atoms with Crippen molar-refractivity contribution < 1.29 is 13.2 Å². The van der Waals surface area contributed by atoms with E-state index in [0.29, 0.717) is 19.3 Å². The Morgan fingerprint density at radius 3 is 2.58 bits per heavy atom. The maximum Gasteiger partial charge on any atom is 0.152 e. The fourth-order valence-corrected chi connectivity index (χ4v) is 4.76. The molecule has 0 aliphatic heterocycles. The number of thiophene rings is 1. The number of hydrogen-bond donors (Lipinski definition) is 0. The third kappa shape index (κ3) is 4.90. The van der Waals surface area contributed by atoms with Crippen LogP contribution in [0.5, 0.6) is 0 Å². The number of unbranched alkanes of at least 4 members (excludes halogenated alkanes) is 2. The molecule has 0 unspecified atom stereocenters. The number of benzene rings is 1. The molecule has 0 bridgehead atoms. The zero-order valence-electron chi connectivity index (χ0n) is 14.7. The van der Waals surface area contributed by atoms with E-state index in [4.69, 9.17) is 0 Å². The molecule has 0 atom stereocenters. The van der Waals surface area contributed by atoms with Gasteiger partial charge in [-0.2, -0.15) is 0 Å². The molecule has 0 N–H and O–H groups in total. The lowest BCUT2D eigenvalue weighted by atomic mass is 9.99. The topological polar surface area (TPSA) is 51.2 Å². The Kier molecular flexibility index (Phi) is 6.58. The van der Waals surface area contributed by atoms with Crippen molar-refractivity contribution >= 4 is 37.0 Å². The monoisotopic (exact) mass is 366 g/mol. The van der Waals surface area contributed by atoms with E-state index in [1.165, 1.54) is 15.6 Å². The lowest BCUT2D eigenvalue weighted by Gasteiger charge is -2.08. The van der Waals surface area contributed by atoms with Crippen molar-refractivity contribution in [3.8, 4) is 0 Å². The molecule has 132 valence electrons. The standard InChI is InChI=1S/C19H26O3S2/c1-14(2)24(21,22)12-6-4-5-7-18(20)13-17-9-8-16-10-11-23-19(16)15(17)3/h8-11,14H,4-7,12-13H2,1-3H3. The summed E-state index contributed by atoms with van der Waals surface area (Å²) in [6.45, 7) is 5.51. The summed E-state index contributed by atoms with van der Waals surface area (Å²) < 4.78 is 24.7. The maximum absolute atomic E-state index is 12.2. The molecule has 0 aliphatic carbocycles. The number of rotatable bonds is 9. The predicted octanol–water partition coefficient (Wildman–Crippen LogP) is 4.70. The number of aryl methyl sites for hydroxylation is 1. The van der Waals surface area contributed by atoms with Crippen molar-refractivity contribution in [2.45, 2.75) is 58.1 Å². The number of sulfone groups is 1. The smallest absolute Gasteiger partial charge is 0.152 e. The van der Waals surface area contributed by atoms with Gasteiger partial charge in [-0.3, -0.25) is 4.79 Å². The molecule has 0 radical (unpaired) electrons. The van der Waals surface area contributed by atoms with Crippen LogP contribution in [0.3, 0.4) is 0 Å². The van der Waals surface area contributed by atoms with Gasteiger partial charge in [-0.25, -0.2) is 8.42 Å². The molecular weight excluding hydrogens is 340 g/mol. The average Bonchev–Trinajstić information content (AvgIpc) is 2.99. The quantitative estimate of drug-likeness (QED) is 0.604. The fourth-order valence-electron chi connectivity index (χ4n) is 2.75. The van der Waals surface area contributed by atoms with Crippen LogP contribution < -0.4 is 0 Å². The number of ketones is 1. The summed E-state index contributed by atoms with van der Waals surface area (Å²) in [6.07, 6.45) is 3.22. The van der Waals surface area contributed by atoms with Crippen molar-refractivity contribution in [3.05, 3.63) is 34.7 Å². The Labute approximate surface area is 149 Å². The van der Waals surface area contributed by atoms with Gasteiger partial charge < -0.3 is 0 Å². The van der Waals surface area contributed by atoms with Gasteiger partial charge in [0.1, 0.15) is 5.78 Å². The van der Waals surface area contributed by atoms with Gasteiger partial charge in [0.25, 0.3) is 0 Å². The normalized spacial score (nSPS) is 12.2. The largest absolute Gasteiger partial charge is 0.299 e. The van der Waals surface area contributed by atoms with E-state index in [0.717, 1.165) is 18.4 Å². The first-order valence-corrected chi connectivity index (χ1v) is 11.1. The number of hydrogen-bond acceptors (Lipinski definition) is 4. The maximum atomic E-state index is 12.2. The molecule has 1 aromatic carbocycles. The Bertz CT molecular complexity index is 801. The van der Waals surface area contributed by atoms with E-state index in [1.54, 1.807) is 25.2 Å². The minimum Gasteiger partial charge on any atom is -0.299 e. The molecule has 0 amide bonds. The lowest BCUT2D eigenvalue weighted by molar-refractivity contribution is -0.118. The van der Waals surface area contributed by atoms with Crippen molar-refractivity contribution in [1.82, 2.24) is 0 Å². The van der Waals surface area contributed by atoms with Gasteiger partial charge in [0.2, 0.25) is 0 Å². The van der Waals surface area contributed by atoms with E-state index >= 15 is 0 Å². The third-order valence-corrected chi connectivity index (χ3v) is 7.82. The molecule has 0 spiro atoms.